The van der Waals surface area contributed by atoms with Crippen molar-refractivity contribution in [2.45, 2.75) is 44.3 Å². The molecule has 0 saturated carbocycles. The Morgan fingerprint density at radius 1 is 1.18 bits per heavy atom. The maximum Gasteiger partial charge on any atom is 0.391 e. The fourth-order valence-corrected chi connectivity index (χ4v) is 1.11. The molecule has 1 amide bonds. The van der Waals surface area contributed by atoms with E-state index in [0.717, 1.165) is 0 Å². The number of hydrogen-bond acceptors (Lipinski definition) is 3. The first-order valence-corrected chi connectivity index (χ1v) is 5.38. The molecule has 0 spiro atoms. The number of ether oxygens (including phenoxy) is 1. The Labute approximate surface area is 98.5 Å². The van der Waals surface area contributed by atoms with Gasteiger partial charge >= 0.3 is 6.18 Å². The molecule has 4 nitrogen and oxygen atoms in total. The van der Waals surface area contributed by atoms with Crippen LogP contribution < -0.4 is 11.5 Å². The van der Waals surface area contributed by atoms with E-state index in [9.17, 15) is 18.0 Å². The minimum Gasteiger partial charge on any atom is -0.381 e. The van der Waals surface area contributed by atoms with Gasteiger partial charge in [0.1, 0.15) is 0 Å². The van der Waals surface area contributed by atoms with Crippen LogP contribution in [0.2, 0.25) is 0 Å². The molecule has 0 rings (SSSR count). The van der Waals surface area contributed by atoms with Gasteiger partial charge in [-0.2, -0.15) is 13.2 Å². The lowest BCUT2D eigenvalue weighted by molar-refractivity contribution is -0.145. The van der Waals surface area contributed by atoms with Crippen LogP contribution in [0.4, 0.5) is 13.2 Å². The van der Waals surface area contributed by atoms with Crippen LogP contribution in [0.1, 0.15) is 32.6 Å². The van der Waals surface area contributed by atoms with Gasteiger partial charge in [-0.1, -0.05) is 0 Å². The maximum atomic E-state index is 11.7. The van der Waals surface area contributed by atoms with Crippen LogP contribution in [-0.2, 0) is 9.53 Å². The highest BCUT2D eigenvalue weighted by Crippen LogP contribution is 2.19. The normalized spacial score (nSPS) is 15.6. The third-order valence-electron chi connectivity index (χ3n) is 2.33. The SMILES string of the molecule is CC(N)(CCCCOCCC(F)(F)F)C(N)=O. The summed E-state index contributed by atoms with van der Waals surface area (Å²) in [5, 5.41) is 0. The average Bonchev–Trinajstić information content (AvgIpc) is 2.14. The lowest BCUT2D eigenvalue weighted by Crippen LogP contribution is -2.49. The molecule has 0 fully saturated rings. The molecule has 0 heterocycles. The Morgan fingerprint density at radius 3 is 2.24 bits per heavy atom. The summed E-state index contributed by atoms with van der Waals surface area (Å²) in [5.41, 5.74) is 9.59. The predicted molar refractivity (Wildman–Crippen MR) is 57.1 cm³/mol. The van der Waals surface area contributed by atoms with E-state index in [1.54, 1.807) is 0 Å². The molecule has 0 aliphatic rings. The Balaban J connectivity index is 3.45. The minimum absolute atomic E-state index is 0.227. The van der Waals surface area contributed by atoms with E-state index in [2.05, 4.69) is 0 Å². The van der Waals surface area contributed by atoms with Crippen LogP contribution in [0, 0.1) is 0 Å². The average molecular weight is 256 g/mol. The molecule has 102 valence electrons. The van der Waals surface area contributed by atoms with Gasteiger partial charge in [0, 0.05) is 6.61 Å². The van der Waals surface area contributed by atoms with Crippen LogP contribution in [0.25, 0.3) is 0 Å². The van der Waals surface area contributed by atoms with Gasteiger partial charge in [0.25, 0.3) is 0 Å². The van der Waals surface area contributed by atoms with Gasteiger partial charge in [-0.25, -0.2) is 0 Å². The molecule has 0 bridgehead atoms. The molecule has 17 heavy (non-hydrogen) atoms. The third-order valence-corrected chi connectivity index (χ3v) is 2.33. The zero-order valence-electron chi connectivity index (χ0n) is 9.85. The number of hydrogen-bond donors (Lipinski definition) is 2. The second-order valence-corrected chi connectivity index (χ2v) is 4.22. The molecule has 0 radical (unpaired) electrons. The molecule has 1 atom stereocenters. The van der Waals surface area contributed by atoms with Crippen molar-refractivity contribution in [1.29, 1.82) is 0 Å². The topological polar surface area (TPSA) is 78.3 Å². The Morgan fingerprint density at radius 2 is 1.76 bits per heavy atom. The molecular formula is C10H19F3N2O2. The molecule has 0 aromatic rings. The third kappa shape index (κ3) is 8.93. The van der Waals surface area contributed by atoms with E-state index >= 15 is 0 Å². The van der Waals surface area contributed by atoms with E-state index in [1.807, 2.05) is 0 Å². The number of unbranched alkanes of at least 4 members (excludes halogenated alkanes) is 1. The van der Waals surface area contributed by atoms with Gasteiger partial charge in [-0.05, 0) is 26.2 Å². The summed E-state index contributed by atoms with van der Waals surface area (Å²) in [6.07, 6.45) is -3.59. The van der Waals surface area contributed by atoms with Gasteiger partial charge < -0.3 is 16.2 Å². The van der Waals surface area contributed by atoms with E-state index in [-0.39, 0.29) is 13.2 Å². The predicted octanol–water partition coefficient (Wildman–Crippen LogP) is 1.33. The molecule has 0 aliphatic heterocycles. The van der Waals surface area contributed by atoms with Crippen molar-refractivity contribution in [2.75, 3.05) is 13.2 Å². The maximum absolute atomic E-state index is 11.7. The second kappa shape index (κ2) is 6.80. The van der Waals surface area contributed by atoms with Crippen LogP contribution in [0.5, 0.6) is 0 Å². The van der Waals surface area contributed by atoms with Crippen LogP contribution in [0.3, 0.4) is 0 Å². The highest BCUT2D eigenvalue weighted by Gasteiger charge is 2.26. The molecule has 0 aliphatic carbocycles. The Bertz CT molecular complexity index is 242. The fourth-order valence-electron chi connectivity index (χ4n) is 1.11. The molecule has 1 unspecified atom stereocenters. The molecular weight excluding hydrogens is 237 g/mol. The van der Waals surface area contributed by atoms with Crippen LogP contribution >= 0.6 is 0 Å². The number of primary amides is 1. The summed E-state index contributed by atoms with van der Waals surface area (Å²) in [5.74, 6) is -0.588. The minimum atomic E-state index is -4.18. The fraction of sp³-hybridized carbons (Fsp3) is 0.900. The zero-order valence-corrected chi connectivity index (χ0v) is 9.85. The Hall–Kier alpha value is -0.820. The molecule has 7 heteroatoms. The van der Waals surface area contributed by atoms with E-state index in [0.29, 0.717) is 19.3 Å². The van der Waals surface area contributed by atoms with Crippen molar-refractivity contribution in [3.8, 4) is 0 Å². The summed E-state index contributed by atoms with van der Waals surface area (Å²) in [7, 11) is 0. The monoisotopic (exact) mass is 256 g/mol. The zero-order chi connectivity index (χ0) is 13.5. The van der Waals surface area contributed by atoms with Crippen LogP contribution in [0.15, 0.2) is 0 Å². The van der Waals surface area contributed by atoms with Gasteiger partial charge in [-0.3, -0.25) is 4.79 Å². The van der Waals surface area contributed by atoms with E-state index in [1.165, 1.54) is 6.92 Å². The highest BCUT2D eigenvalue weighted by molar-refractivity contribution is 5.83. The quantitative estimate of drug-likeness (QED) is 0.643. The number of nitrogens with two attached hydrogens (primary N) is 2. The molecule has 0 saturated heterocycles. The molecule has 0 aromatic carbocycles. The molecule has 4 N–H and O–H groups in total. The van der Waals surface area contributed by atoms with Crippen molar-refractivity contribution >= 4 is 5.91 Å². The first-order valence-electron chi connectivity index (χ1n) is 5.38. The van der Waals surface area contributed by atoms with Gasteiger partial charge in [0.2, 0.25) is 5.91 Å². The second-order valence-electron chi connectivity index (χ2n) is 4.22. The van der Waals surface area contributed by atoms with Crippen molar-refractivity contribution in [1.82, 2.24) is 0 Å². The van der Waals surface area contributed by atoms with Crippen LogP contribution in [-0.4, -0.2) is 30.8 Å². The van der Waals surface area contributed by atoms with Crippen molar-refractivity contribution in [2.24, 2.45) is 11.5 Å². The largest absolute Gasteiger partial charge is 0.391 e. The van der Waals surface area contributed by atoms with E-state index in [4.69, 9.17) is 16.2 Å². The first kappa shape index (κ1) is 16.2. The standard InChI is InChI=1S/C10H19F3N2O2/c1-9(15,8(14)16)4-2-3-6-17-7-5-10(11,12)13/h2-7,15H2,1H3,(H2,14,16). The number of halogens is 3. The van der Waals surface area contributed by atoms with Gasteiger partial charge in [-0.15, -0.1) is 0 Å². The van der Waals surface area contributed by atoms with Crippen molar-refractivity contribution < 1.29 is 22.7 Å². The summed E-state index contributed by atoms with van der Waals surface area (Å²) >= 11 is 0. The summed E-state index contributed by atoms with van der Waals surface area (Å²) < 4.78 is 40.0. The first-order chi connectivity index (χ1) is 7.65. The highest BCUT2D eigenvalue weighted by atomic mass is 19.4. The number of carbonyl (C=O) groups is 1. The van der Waals surface area contributed by atoms with Gasteiger partial charge in [0.05, 0.1) is 18.6 Å². The lowest BCUT2D eigenvalue weighted by atomic mass is 9.96. The Kier molecular flexibility index (Phi) is 6.48. The van der Waals surface area contributed by atoms with Crippen molar-refractivity contribution in [3.63, 3.8) is 0 Å². The number of alkyl halides is 3. The van der Waals surface area contributed by atoms with Gasteiger partial charge in [0.15, 0.2) is 0 Å². The smallest absolute Gasteiger partial charge is 0.381 e. The van der Waals surface area contributed by atoms with E-state index < -0.39 is 24.0 Å². The summed E-state index contributed by atoms with van der Waals surface area (Å²) in [6, 6.07) is 0. The summed E-state index contributed by atoms with van der Waals surface area (Å²) in [4.78, 5) is 10.8. The molecule has 0 aromatic heterocycles. The number of carbonyl (C=O) groups excluding carboxylic acids is 1. The lowest BCUT2D eigenvalue weighted by Gasteiger charge is -2.19. The number of rotatable bonds is 8. The van der Waals surface area contributed by atoms with Crippen molar-refractivity contribution in [3.05, 3.63) is 0 Å². The summed E-state index contributed by atoms with van der Waals surface area (Å²) in [6.45, 7) is 1.42. The number of amides is 1.